The second-order valence-corrected chi connectivity index (χ2v) is 8.76. The van der Waals surface area contributed by atoms with Crippen molar-refractivity contribution in [2.75, 3.05) is 25.5 Å². The molecule has 0 aliphatic carbocycles. The molecule has 134 valence electrons. The van der Waals surface area contributed by atoms with Gasteiger partial charge in [0.15, 0.2) is 0 Å². The first-order valence-electron chi connectivity index (χ1n) is 7.34. The predicted molar refractivity (Wildman–Crippen MR) is 102 cm³/mol. The Morgan fingerprint density at radius 2 is 1.92 bits per heavy atom. The number of anilines is 1. The summed E-state index contributed by atoms with van der Waals surface area (Å²) < 4.78 is 26.6. The van der Waals surface area contributed by atoms with Gasteiger partial charge in [-0.25, -0.2) is 17.7 Å². The summed E-state index contributed by atoms with van der Waals surface area (Å²) in [4.78, 5) is 18.4. The number of sulfonamides is 1. The highest BCUT2D eigenvalue weighted by Crippen LogP contribution is 2.26. The van der Waals surface area contributed by atoms with Gasteiger partial charge in [0.1, 0.15) is 10.7 Å². The van der Waals surface area contributed by atoms with E-state index in [2.05, 4.69) is 20.9 Å². The Morgan fingerprint density at radius 3 is 2.44 bits per heavy atom. The molecule has 0 bridgehead atoms. The lowest BCUT2D eigenvalue weighted by atomic mass is 10.2. The van der Waals surface area contributed by atoms with Crippen LogP contribution in [0.5, 0.6) is 0 Å². The van der Waals surface area contributed by atoms with Gasteiger partial charge in [-0.1, -0.05) is 11.6 Å². The Balaban J connectivity index is 2.47. The average Bonchev–Trinajstić information content (AvgIpc) is 2.57. The monoisotopic (exact) mass is 445 g/mol. The van der Waals surface area contributed by atoms with Crippen molar-refractivity contribution in [3.63, 3.8) is 0 Å². The molecule has 1 aromatic carbocycles. The molecule has 2 aromatic rings. The Labute approximate surface area is 160 Å². The highest BCUT2D eigenvalue weighted by molar-refractivity contribution is 9.10. The summed E-state index contributed by atoms with van der Waals surface area (Å²) in [7, 11) is -0.943. The number of carbonyl (C=O) groups is 1. The van der Waals surface area contributed by atoms with Crippen LogP contribution >= 0.6 is 27.5 Å². The van der Waals surface area contributed by atoms with E-state index in [-0.39, 0.29) is 21.4 Å². The van der Waals surface area contributed by atoms with Gasteiger partial charge in [-0.3, -0.25) is 9.69 Å². The van der Waals surface area contributed by atoms with Crippen molar-refractivity contribution in [1.29, 1.82) is 0 Å². The maximum Gasteiger partial charge on any atom is 0.259 e. The average molecular weight is 447 g/mol. The van der Waals surface area contributed by atoms with Crippen LogP contribution in [0, 0.1) is 0 Å². The number of benzene rings is 1. The Kier molecular flexibility index (Phi) is 6.21. The first-order chi connectivity index (χ1) is 11.7. The van der Waals surface area contributed by atoms with Gasteiger partial charge >= 0.3 is 0 Å². The smallest absolute Gasteiger partial charge is 0.259 e. The Hall–Kier alpha value is -1.48. The third kappa shape index (κ3) is 4.20. The molecule has 2 rings (SSSR count). The second kappa shape index (κ2) is 7.82. The van der Waals surface area contributed by atoms with Crippen molar-refractivity contribution < 1.29 is 13.2 Å². The summed E-state index contributed by atoms with van der Waals surface area (Å²) in [5, 5.41) is 0.0649. The largest absolute Gasteiger partial charge is 0.293 e. The van der Waals surface area contributed by atoms with Crippen LogP contribution in [0.15, 0.2) is 45.9 Å². The topological polar surface area (TPSA) is 70.6 Å². The highest BCUT2D eigenvalue weighted by Gasteiger charge is 2.24. The van der Waals surface area contributed by atoms with Crippen LogP contribution in [0.25, 0.3) is 0 Å². The Bertz CT molecular complexity index is 886. The molecule has 0 unspecified atom stereocenters. The molecular weight excluding hydrogens is 430 g/mol. The SMILES string of the molecule is CCN(C(=O)c1ccc(Cl)c(S(=O)(=O)N(C)C)c1)c1ccc(Br)cn1. The number of amides is 1. The van der Waals surface area contributed by atoms with Gasteiger partial charge in [-0.2, -0.15) is 0 Å². The summed E-state index contributed by atoms with van der Waals surface area (Å²) in [6.45, 7) is 2.20. The van der Waals surface area contributed by atoms with Crippen molar-refractivity contribution in [3.8, 4) is 0 Å². The first-order valence-corrected chi connectivity index (χ1v) is 9.95. The molecule has 0 saturated carbocycles. The molecule has 1 amide bonds. The predicted octanol–water partition coefficient (Wildman–Crippen LogP) is 3.41. The lowest BCUT2D eigenvalue weighted by molar-refractivity contribution is 0.0987. The van der Waals surface area contributed by atoms with E-state index in [9.17, 15) is 13.2 Å². The van der Waals surface area contributed by atoms with Crippen LogP contribution in [-0.4, -0.2) is 44.3 Å². The first kappa shape index (κ1) is 19.8. The molecule has 0 aliphatic rings. The van der Waals surface area contributed by atoms with Crippen LogP contribution in [0.1, 0.15) is 17.3 Å². The zero-order valence-electron chi connectivity index (χ0n) is 13.9. The van der Waals surface area contributed by atoms with E-state index in [4.69, 9.17) is 11.6 Å². The van der Waals surface area contributed by atoms with Gasteiger partial charge in [0.2, 0.25) is 10.0 Å². The summed E-state index contributed by atoms with van der Waals surface area (Å²) in [5.74, 6) is 0.117. The lowest BCUT2D eigenvalue weighted by Crippen LogP contribution is -2.31. The molecule has 0 saturated heterocycles. The third-order valence-electron chi connectivity index (χ3n) is 3.49. The number of hydrogen-bond acceptors (Lipinski definition) is 4. The quantitative estimate of drug-likeness (QED) is 0.705. The van der Waals surface area contributed by atoms with Crippen molar-refractivity contribution in [2.24, 2.45) is 0 Å². The molecule has 1 aromatic heterocycles. The van der Waals surface area contributed by atoms with Crippen molar-refractivity contribution in [3.05, 3.63) is 51.6 Å². The number of carbonyl (C=O) groups excluding carboxylic acids is 1. The van der Waals surface area contributed by atoms with Gasteiger partial charge < -0.3 is 0 Å². The molecular formula is C16H17BrClN3O3S. The van der Waals surface area contributed by atoms with Gasteiger partial charge in [0.25, 0.3) is 5.91 Å². The maximum atomic E-state index is 12.8. The number of halogens is 2. The van der Waals surface area contributed by atoms with E-state index in [0.717, 1.165) is 8.78 Å². The van der Waals surface area contributed by atoms with Crippen LogP contribution in [0.4, 0.5) is 5.82 Å². The van der Waals surface area contributed by atoms with Gasteiger partial charge in [0, 0.05) is 36.9 Å². The van der Waals surface area contributed by atoms with Gasteiger partial charge in [0.05, 0.1) is 5.02 Å². The summed E-state index contributed by atoms with van der Waals surface area (Å²) in [5.41, 5.74) is 0.219. The summed E-state index contributed by atoms with van der Waals surface area (Å²) in [6.07, 6.45) is 1.59. The molecule has 1 heterocycles. The number of aromatic nitrogens is 1. The lowest BCUT2D eigenvalue weighted by Gasteiger charge is -2.21. The minimum atomic E-state index is -3.76. The zero-order valence-corrected chi connectivity index (χ0v) is 17.1. The summed E-state index contributed by atoms with van der Waals surface area (Å²) >= 11 is 9.33. The zero-order chi connectivity index (χ0) is 18.8. The van der Waals surface area contributed by atoms with E-state index in [1.165, 1.54) is 37.2 Å². The van der Waals surface area contributed by atoms with Crippen molar-refractivity contribution in [2.45, 2.75) is 11.8 Å². The van der Waals surface area contributed by atoms with E-state index in [0.29, 0.717) is 12.4 Å². The molecule has 0 N–H and O–H groups in total. The molecule has 0 spiro atoms. The van der Waals surface area contributed by atoms with Crippen molar-refractivity contribution in [1.82, 2.24) is 9.29 Å². The molecule has 0 atom stereocenters. The molecule has 25 heavy (non-hydrogen) atoms. The van der Waals surface area contributed by atoms with Crippen LogP contribution in [0.2, 0.25) is 5.02 Å². The van der Waals surface area contributed by atoms with Gasteiger partial charge in [-0.15, -0.1) is 0 Å². The van der Waals surface area contributed by atoms with E-state index in [1.807, 2.05) is 6.92 Å². The number of rotatable bonds is 5. The van der Waals surface area contributed by atoms with Crippen LogP contribution in [-0.2, 0) is 10.0 Å². The summed E-state index contributed by atoms with van der Waals surface area (Å²) in [6, 6.07) is 7.69. The van der Waals surface area contributed by atoms with Crippen LogP contribution in [0.3, 0.4) is 0 Å². The highest BCUT2D eigenvalue weighted by atomic mass is 79.9. The second-order valence-electron chi connectivity index (χ2n) is 5.32. The minimum Gasteiger partial charge on any atom is -0.293 e. The standard InChI is InChI=1S/C16H17BrClN3O3S/c1-4-21(15-8-6-12(17)10-19-15)16(22)11-5-7-13(18)14(9-11)25(23,24)20(2)3/h5-10H,4H2,1-3H3. The maximum absolute atomic E-state index is 12.8. The van der Waals surface area contributed by atoms with E-state index in [1.54, 1.807) is 18.3 Å². The van der Waals surface area contributed by atoms with Crippen LogP contribution < -0.4 is 4.90 Å². The molecule has 0 radical (unpaired) electrons. The molecule has 0 aliphatic heterocycles. The van der Waals surface area contributed by atoms with Crippen molar-refractivity contribution >= 4 is 49.3 Å². The normalized spacial score (nSPS) is 11.6. The number of pyridine rings is 1. The number of nitrogens with zero attached hydrogens (tertiary/aromatic N) is 3. The van der Waals surface area contributed by atoms with E-state index < -0.39 is 10.0 Å². The van der Waals surface area contributed by atoms with E-state index >= 15 is 0 Å². The molecule has 0 fully saturated rings. The third-order valence-corrected chi connectivity index (χ3v) is 6.25. The Morgan fingerprint density at radius 1 is 1.24 bits per heavy atom. The molecule has 6 nitrogen and oxygen atoms in total. The molecule has 9 heteroatoms. The van der Waals surface area contributed by atoms with Gasteiger partial charge in [-0.05, 0) is 53.2 Å². The minimum absolute atomic E-state index is 0.0649. The fraction of sp³-hybridized carbons (Fsp3) is 0.250. The fourth-order valence-corrected chi connectivity index (χ4v) is 3.75. The number of hydrogen-bond donors (Lipinski definition) is 0. The fourth-order valence-electron chi connectivity index (χ4n) is 2.12.